The van der Waals surface area contributed by atoms with E-state index in [1.165, 1.54) is 0 Å². The van der Waals surface area contributed by atoms with Gasteiger partial charge in [0.15, 0.2) is 0 Å². The van der Waals surface area contributed by atoms with Crippen molar-refractivity contribution in [3.05, 3.63) is 0 Å². The number of carboxylic acid groups (broad SMARTS) is 1. The van der Waals surface area contributed by atoms with Gasteiger partial charge in [-0.05, 0) is 51.5 Å². The Morgan fingerprint density at radius 1 is 1.33 bits per heavy atom. The van der Waals surface area contributed by atoms with E-state index in [2.05, 4.69) is 5.32 Å². The summed E-state index contributed by atoms with van der Waals surface area (Å²) in [6.45, 7) is 5.49. The fourth-order valence-corrected chi connectivity index (χ4v) is 2.85. The lowest BCUT2D eigenvalue weighted by Crippen LogP contribution is -2.45. The third-order valence-electron chi connectivity index (χ3n) is 3.58. The number of carbonyl (C=O) groups excluding carboxylic acids is 1. The molecule has 0 saturated heterocycles. The number of hydrogen-bond donors (Lipinski definition) is 2. The quantitative estimate of drug-likeness (QED) is 0.719. The van der Waals surface area contributed by atoms with E-state index in [0.717, 1.165) is 18.6 Å². The van der Waals surface area contributed by atoms with Crippen LogP contribution < -0.4 is 5.32 Å². The van der Waals surface area contributed by atoms with E-state index in [0.29, 0.717) is 18.8 Å². The van der Waals surface area contributed by atoms with E-state index in [1.807, 2.05) is 6.26 Å². The molecule has 1 aliphatic rings. The molecule has 0 spiro atoms. The number of aliphatic carboxylic acids is 1. The molecule has 21 heavy (non-hydrogen) atoms. The Labute approximate surface area is 131 Å². The van der Waals surface area contributed by atoms with Crippen LogP contribution in [0.15, 0.2) is 0 Å². The van der Waals surface area contributed by atoms with Gasteiger partial charge in [0.25, 0.3) is 0 Å². The maximum absolute atomic E-state index is 11.8. The monoisotopic (exact) mass is 317 g/mol. The van der Waals surface area contributed by atoms with E-state index in [1.54, 1.807) is 32.5 Å². The molecule has 122 valence electrons. The Morgan fingerprint density at radius 3 is 2.38 bits per heavy atom. The van der Waals surface area contributed by atoms with Crippen LogP contribution in [0.25, 0.3) is 0 Å². The van der Waals surface area contributed by atoms with E-state index < -0.39 is 23.1 Å². The van der Waals surface area contributed by atoms with Gasteiger partial charge in [0.05, 0.1) is 5.41 Å². The summed E-state index contributed by atoms with van der Waals surface area (Å²) in [5, 5.41) is 12.3. The molecule has 1 aliphatic carbocycles. The minimum atomic E-state index is -0.874. The molecule has 1 fully saturated rings. The number of ether oxygens (including phenoxy) is 1. The van der Waals surface area contributed by atoms with Crippen molar-refractivity contribution in [3.63, 3.8) is 0 Å². The molecular weight excluding hydrogens is 290 g/mol. The van der Waals surface area contributed by atoms with Crippen molar-refractivity contribution in [1.29, 1.82) is 0 Å². The fraction of sp³-hybridized carbons (Fsp3) is 0.867. The summed E-state index contributed by atoms with van der Waals surface area (Å²) in [5.41, 5.74) is -1.45. The maximum atomic E-state index is 11.8. The van der Waals surface area contributed by atoms with Gasteiger partial charge in [0, 0.05) is 6.54 Å². The number of alkyl carbamates (subject to hydrolysis) is 1. The molecule has 0 aromatic heterocycles. The third kappa shape index (κ3) is 6.59. The molecule has 0 aliphatic heterocycles. The highest BCUT2D eigenvalue weighted by Gasteiger charge is 2.43. The van der Waals surface area contributed by atoms with Gasteiger partial charge >= 0.3 is 12.1 Å². The Hall–Kier alpha value is -0.910. The average molecular weight is 317 g/mol. The van der Waals surface area contributed by atoms with Crippen molar-refractivity contribution < 1.29 is 19.4 Å². The molecule has 0 aromatic carbocycles. The van der Waals surface area contributed by atoms with Gasteiger partial charge in [-0.3, -0.25) is 4.79 Å². The van der Waals surface area contributed by atoms with Crippen LogP contribution in [0.4, 0.5) is 4.79 Å². The van der Waals surface area contributed by atoms with Crippen LogP contribution in [0.1, 0.15) is 46.5 Å². The summed E-state index contributed by atoms with van der Waals surface area (Å²) in [6.07, 6.45) is 4.81. The minimum Gasteiger partial charge on any atom is -0.481 e. The van der Waals surface area contributed by atoms with E-state index >= 15 is 0 Å². The number of carbonyl (C=O) groups is 2. The van der Waals surface area contributed by atoms with Crippen molar-refractivity contribution in [2.45, 2.75) is 52.1 Å². The smallest absolute Gasteiger partial charge is 0.407 e. The Morgan fingerprint density at radius 2 is 1.95 bits per heavy atom. The van der Waals surface area contributed by atoms with Crippen molar-refractivity contribution in [2.75, 3.05) is 18.6 Å². The molecule has 1 rings (SSSR count). The predicted molar refractivity (Wildman–Crippen MR) is 84.6 cm³/mol. The fourth-order valence-electron chi connectivity index (χ4n) is 2.26. The standard InChI is InChI=1S/C15H27NO4S/c1-14(2,3)20-13(19)16-10-15(12(17)18,7-8-21-4)9-11-5-6-11/h11H,5-10H2,1-4H3,(H,16,19)(H,17,18). The zero-order valence-electron chi connectivity index (χ0n) is 13.4. The number of amides is 1. The SMILES string of the molecule is CSCCC(CNC(=O)OC(C)(C)C)(CC1CC1)C(=O)O. The van der Waals surface area contributed by atoms with Crippen LogP contribution in [0.5, 0.6) is 0 Å². The normalized spacial score (nSPS) is 17.9. The van der Waals surface area contributed by atoms with Crippen LogP contribution in [0.2, 0.25) is 0 Å². The Bertz CT molecular complexity index is 376. The molecule has 6 heteroatoms. The topological polar surface area (TPSA) is 75.6 Å². The minimum absolute atomic E-state index is 0.133. The van der Waals surface area contributed by atoms with Gasteiger partial charge < -0.3 is 15.2 Å². The third-order valence-corrected chi connectivity index (χ3v) is 4.20. The van der Waals surface area contributed by atoms with Gasteiger partial charge in [-0.2, -0.15) is 11.8 Å². The molecule has 5 nitrogen and oxygen atoms in total. The Balaban J connectivity index is 2.66. The van der Waals surface area contributed by atoms with Crippen molar-refractivity contribution in [2.24, 2.45) is 11.3 Å². The zero-order valence-corrected chi connectivity index (χ0v) is 14.2. The second-order valence-electron chi connectivity index (χ2n) is 6.83. The summed E-state index contributed by atoms with van der Waals surface area (Å²) in [6, 6.07) is 0. The number of nitrogens with one attached hydrogen (secondary N) is 1. The second kappa shape index (κ2) is 7.38. The summed E-state index contributed by atoms with van der Waals surface area (Å²) in [7, 11) is 0. The molecule has 1 atom stereocenters. The van der Waals surface area contributed by atoms with E-state index in [4.69, 9.17) is 4.74 Å². The predicted octanol–water partition coefficient (Wildman–Crippen LogP) is 3.14. The van der Waals surface area contributed by atoms with Crippen molar-refractivity contribution >= 4 is 23.8 Å². The van der Waals surface area contributed by atoms with Crippen LogP contribution in [-0.2, 0) is 9.53 Å². The van der Waals surface area contributed by atoms with Gasteiger partial charge in [-0.25, -0.2) is 4.79 Å². The van der Waals surface area contributed by atoms with Crippen LogP contribution in [0, 0.1) is 11.3 Å². The molecule has 1 amide bonds. The van der Waals surface area contributed by atoms with Gasteiger partial charge in [-0.15, -0.1) is 0 Å². The zero-order chi connectivity index (χ0) is 16.1. The van der Waals surface area contributed by atoms with Crippen molar-refractivity contribution in [1.82, 2.24) is 5.32 Å². The first-order chi connectivity index (χ1) is 9.68. The largest absolute Gasteiger partial charge is 0.481 e. The number of hydrogen-bond acceptors (Lipinski definition) is 4. The first-order valence-corrected chi connectivity index (χ1v) is 8.77. The molecule has 1 unspecified atom stereocenters. The van der Waals surface area contributed by atoms with Crippen molar-refractivity contribution in [3.8, 4) is 0 Å². The lowest BCUT2D eigenvalue weighted by Gasteiger charge is -2.30. The van der Waals surface area contributed by atoms with Gasteiger partial charge in [0.2, 0.25) is 0 Å². The molecule has 2 N–H and O–H groups in total. The van der Waals surface area contributed by atoms with Crippen LogP contribution in [-0.4, -0.2) is 41.3 Å². The molecule has 1 saturated carbocycles. The lowest BCUT2D eigenvalue weighted by molar-refractivity contribution is -0.149. The number of thioether (sulfide) groups is 1. The first-order valence-electron chi connectivity index (χ1n) is 7.38. The van der Waals surface area contributed by atoms with Crippen LogP contribution >= 0.6 is 11.8 Å². The second-order valence-corrected chi connectivity index (χ2v) is 7.82. The van der Waals surface area contributed by atoms with E-state index in [-0.39, 0.29) is 6.54 Å². The molecular formula is C15H27NO4S. The summed E-state index contributed by atoms with van der Waals surface area (Å²) >= 11 is 1.63. The summed E-state index contributed by atoms with van der Waals surface area (Å²) in [4.78, 5) is 23.6. The molecule has 0 radical (unpaired) electrons. The summed E-state index contributed by atoms with van der Waals surface area (Å²) < 4.78 is 5.19. The molecule has 0 bridgehead atoms. The maximum Gasteiger partial charge on any atom is 0.407 e. The van der Waals surface area contributed by atoms with Gasteiger partial charge in [-0.1, -0.05) is 12.8 Å². The molecule has 0 heterocycles. The van der Waals surface area contributed by atoms with Gasteiger partial charge in [0.1, 0.15) is 5.60 Å². The number of rotatable bonds is 8. The Kier molecular flexibility index (Phi) is 6.38. The number of carboxylic acids is 1. The first kappa shape index (κ1) is 18.1. The average Bonchev–Trinajstić information content (AvgIpc) is 3.14. The van der Waals surface area contributed by atoms with E-state index in [9.17, 15) is 14.7 Å². The van der Waals surface area contributed by atoms with Crippen LogP contribution in [0.3, 0.4) is 0 Å². The summed E-state index contributed by atoms with van der Waals surface area (Å²) in [5.74, 6) is 0.442. The molecule has 0 aromatic rings. The highest BCUT2D eigenvalue weighted by atomic mass is 32.2. The lowest BCUT2D eigenvalue weighted by atomic mass is 9.79. The highest BCUT2D eigenvalue weighted by Crippen LogP contribution is 2.42. The highest BCUT2D eigenvalue weighted by molar-refractivity contribution is 7.98.